The van der Waals surface area contributed by atoms with Gasteiger partial charge in [-0.05, 0) is 25.8 Å². The molecule has 2 heterocycles. The lowest BCUT2D eigenvalue weighted by molar-refractivity contribution is 0.0355. The molecule has 0 unspecified atom stereocenters. The van der Waals surface area contributed by atoms with Crippen molar-refractivity contribution in [3.05, 3.63) is 71.6 Å². The van der Waals surface area contributed by atoms with Gasteiger partial charge in [0.1, 0.15) is 23.0 Å². The summed E-state index contributed by atoms with van der Waals surface area (Å²) in [5, 5.41) is 10.1. The van der Waals surface area contributed by atoms with Crippen LogP contribution in [-0.2, 0) is 4.74 Å². The van der Waals surface area contributed by atoms with Crippen LogP contribution in [0.15, 0.2) is 70.9 Å². The first-order chi connectivity index (χ1) is 16.9. The van der Waals surface area contributed by atoms with Crippen molar-refractivity contribution in [1.29, 1.82) is 0 Å². The molecule has 0 aliphatic carbocycles. The third kappa shape index (κ3) is 6.10. The molecule has 1 aliphatic rings. The Kier molecular flexibility index (Phi) is 8.69. The van der Waals surface area contributed by atoms with Gasteiger partial charge < -0.3 is 34.9 Å². The largest absolute Gasteiger partial charge is 0.495 e. The second-order valence-corrected chi connectivity index (χ2v) is 7.80. The van der Waals surface area contributed by atoms with Gasteiger partial charge in [0.25, 0.3) is 5.91 Å². The van der Waals surface area contributed by atoms with Gasteiger partial charge in [0.2, 0.25) is 0 Å². The Hall–Kier alpha value is -4.05. The van der Waals surface area contributed by atoms with E-state index < -0.39 is 6.04 Å². The topological polar surface area (TPSA) is 123 Å². The highest BCUT2D eigenvalue weighted by Crippen LogP contribution is 2.31. The molecule has 0 saturated carbocycles. The van der Waals surface area contributed by atoms with Crippen molar-refractivity contribution in [2.24, 2.45) is 10.7 Å². The SMILES string of the molecule is C=N/C(N)=C\C(OC)=C(/C)N1CCN(C(=O)c2cc(OC)c(Oc3ccccc3)cn2)[C@@H](CO)C1. The number of rotatable bonds is 9. The van der Waals surface area contributed by atoms with Crippen LogP contribution in [-0.4, -0.2) is 79.0 Å². The van der Waals surface area contributed by atoms with Gasteiger partial charge in [-0.3, -0.25) is 4.79 Å². The number of allylic oxidation sites excluding steroid dienone is 2. The molecular weight excluding hydrogens is 450 g/mol. The number of methoxy groups -OCH3 is 2. The van der Waals surface area contributed by atoms with E-state index in [1.54, 1.807) is 24.2 Å². The van der Waals surface area contributed by atoms with E-state index in [0.717, 1.165) is 5.70 Å². The van der Waals surface area contributed by atoms with Crippen molar-refractivity contribution in [1.82, 2.24) is 14.8 Å². The first kappa shape index (κ1) is 25.6. The van der Waals surface area contributed by atoms with Gasteiger partial charge in [0, 0.05) is 31.8 Å². The Morgan fingerprint density at radius 1 is 1.29 bits per heavy atom. The zero-order valence-electron chi connectivity index (χ0n) is 20.2. The summed E-state index contributed by atoms with van der Waals surface area (Å²) in [6.07, 6.45) is 3.05. The molecule has 10 nitrogen and oxygen atoms in total. The number of aliphatic hydroxyl groups is 1. The van der Waals surface area contributed by atoms with Gasteiger partial charge in [-0.15, -0.1) is 0 Å². The molecule has 186 valence electrons. The number of aromatic nitrogens is 1. The summed E-state index contributed by atoms with van der Waals surface area (Å²) < 4.78 is 16.7. The predicted octanol–water partition coefficient (Wildman–Crippen LogP) is 2.38. The number of nitrogens with two attached hydrogens (primary N) is 1. The molecule has 1 atom stereocenters. The van der Waals surface area contributed by atoms with Gasteiger partial charge in [-0.25, -0.2) is 9.98 Å². The fourth-order valence-electron chi connectivity index (χ4n) is 3.77. The molecule has 0 spiro atoms. The number of pyridine rings is 1. The molecule has 10 heteroatoms. The van der Waals surface area contributed by atoms with Crippen LogP contribution in [0.25, 0.3) is 0 Å². The fourth-order valence-corrected chi connectivity index (χ4v) is 3.77. The number of aliphatic imine (C=N–C) groups is 1. The molecule has 1 aliphatic heterocycles. The Morgan fingerprint density at radius 2 is 2.03 bits per heavy atom. The number of aliphatic hydroxyl groups excluding tert-OH is 1. The Balaban J connectivity index is 1.78. The van der Waals surface area contributed by atoms with E-state index in [1.807, 2.05) is 42.2 Å². The van der Waals surface area contributed by atoms with Crippen LogP contribution in [0.5, 0.6) is 17.2 Å². The molecule has 2 aromatic rings. The van der Waals surface area contributed by atoms with Crippen LogP contribution in [0.2, 0.25) is 0 Å². The maximum absolute atomic E-state index is 13.3. The number of ether oxygens (including phenoxy) is 3. The van der Waals surface area contributed by atoms with E-state index >= 15 is 0 Å². The zero-order valence-corrected chi connectivity index (χ0v) is 20.2. The van der Waals surface area contributed by atoms with Gasteiger partial charge >= 0.3 is 0 Å². The summed E-state index contributed by atoms with van der Waals surface area (Å²) in [4.78, 5) is 24.9. The van der Waals surface area contributed by atoms with Crippen molar-refractivity contribution < 1.29 is 24.1 Å². The average Bonchev–Trinajstić information content (AvgIpc) is 2.91. The molecule has 0 radical (unpaired) electrons. The monoisotopic (exact) mass is 481 g/mol. The first-order valence-corrected chi connectivity index (χ1v) is 11.0. The van der Waals surface area contributed by atoms with E-state index in [9.17, 15) is 9.90 Å². The highest BCUT2D eigenvalue weighted by molar-refractivity contribution is 5.93. The summed E-state index contributed by atoms with van der Waals surface area (Å²) in [5.41, 5.74) is 6.77. The number of benzene rings is 1. The summed E-state index contributed by atoms with van der Waals surface area (Å²) >= 11 is 0. The molecule has 35 heavy (non-hydrogen) atoms. The van der Waals surface area contributed by atoms with Crippen molar-refractivity contribution in [2.45, 2.75) is 13.0 Å². The smallest absolute Gasteiger partial charge is 0.273 e. The van der Waals surface area contributed by atoms with Crippen LogP contribution in [0, 0.1) is 0 Å². The minimum Gasteiger partial charge on any atom is -0.495 e. The van der Waals surface area contributed by atoms with E-state index in [4.69, 9.17) is 19.9 Å². The fraction of sp³-hybridized carbons (Fsp3) is 0.320. The number of hydrogen-bond acceptors (Lipinski definition) is 9. The highest BCUT2D eigenvalue weighted by Gasteiger charge is 2.32. The minimum atomic E-state index is -0.448. The minimum absolute atomic E-state index is 0.201. The van der Waals surface area contributed by atoms with Crippen molar-refractivity contribution in [3.63, 3.8) is 0 Å². The van der Waals surface area contributed by atoms with E-state index in [-0.39, 0.29) is 24.0 Å². The molecule has 3 N–H and O–H groups in total. The van der Waals surface area contributed by atoms with Gasteiger partial charge in [-0.2, -0.15) is 0 Å². The Labute approximate surface area is 204 Å². The third-order valence-corrected chi connectivity index (χ3v) is 5.71. The van der Waals surface area contributed by atoms with Crippen molar-refractivity contribution in [3.8, 4) is 17.2 Å². The van der Waals surface area contributed by atoms with Gasteiger partial charge in [0.15, 0.2) is 11.5 Å². The lowest BCUT2D eigenvalue weighted by Crippen LogP contribution is -2.56. The number of carbonyl (C=O) groups excluding carboxylic acids is 1. The van der Waals surface area contributed by atoms with Gasteiger partial charge in [-0.1, -0.05) is 18.2 Å². The first-order valence-electron chi connectivity index (χ1n) is 11.0. The van der Waals surface area contributed by atoms with Crippen molar-refractivity contribution in [2.75, 3.05) is 40.5 Å². The normalized spacial score (nSPS) is 16.9. The van der Waals surface area contributed by atoms with Crippen LogP contribution in [0.4, 0.5) is 0 Å². The lowest BCUT2D eigenvalue weighted by atomic mass is 10.1. The lowest BCUT2D eigenvalue weighted by Gasteiger charge is -2.42. The molecule has 0 bridgehead atoms. The van der Waals surface area contributed by atoms with E-state index in [1.165, 1.54) is 13.3 Å². The Morgan fingerprint density at radius 3 is 2.66 bits per heavy atom. The Bertz CT molecular complexity index is 1100. The second kappa shape index (κ2) is 11.9. The molecule has 1 amide bonds. The summed E-state index contributed by atoms with van der Waals surface area (Å²) in [5.74, 6) is 1.87. The zero-order chi connectivity index (χ0) is 25.4. The number of nitrogens with zero attached hydrogens (tertiary/aromatic N) is 4. The van der Waals surface area contributed by atoms with Crippen LogP contribution in [0.3, 0.4) is 0 Å². The molecule has 1 fully saturated rings. The standard InChI is InChI=1S/C25H31N5O5/c1-17(21(33-3)13-24(26)27-2)29-10-11-30(18(15-29)16-31)25(32)20-12-22(34-4)23(14-28-20)35-19-8-6-5-7-9-19/h5-9,12-14,18,31H,2,10-11,15-16,26H2,1,3-4H3/b21-17-,24-13-/t18-/m1/s1. The molecule has 1 saturated heterocycles. The van der Waals surface area contributed by atoms with E-state index in [0.29, 0.717) is 42.6 Å². The van der Waals surface area contributed by atoms with E-state index in [2.05, 4.69) is 16.7 Å². The predicted molar refractivity (Wildman–Crippen MR) is 132 cm³/mol. The number of hydrogen-bond donors (Lipinski definition) is 2. The number of carbonyl (C=O) groups is 1. The van der Waals surface area contributed by atoms with Crippen LogP contribution < -0.4 is 15.2 Å². The quantitative estimate of drug-likeness (QED) is 0.318. The highest BCUT2D eigenvalue weighted by atomic mass is 16.5. The number of amides is 1. The average molecular weight is 482 g/mol. The summed E-state index contributed by atoms with van der Waals surface area (Å²) in [6.45, 7) is 6.39. The number of para-hydroxylation sites is 1. The third-order valence-electron chi connectivity index (χ3n) is 5.71. The number of piperazine rings is 1. The molecule has 3 rings (SSSR count). The molecular formula is C25H31N5O5. The maximum Gasteiger partial charge on any atom is 0.273 e. The van der Waals surface area contributed by atoms with Crippen molar-refractivity contribution >= 4 is 12.6 Å². The summed E-state index contributed by atoms with van der Waals surface area (Å²) in [6, 6.07) is 10.3. The second-order valence-electron chi connectivity index (χ2n) is 7.80. The molecule has 1 aromatic carbocycles. The van der Waals surface area contributed by atoms with Crippen LogP contribution in [0.1, 0.15) is 17.4 Å². The van der Waals surface area contributed by atoms with Crippen LogP contribution >= 0.6 is 0 Å². The maximum atomic E-state index is 13.3. The van der Waals surface area contributed by atoms with Gasteiger partial charge in [0.05, 0.1) is 38.8 Å². The molecule has 1 aromatic heterocycles. The summed E-state index contributed by atoms with van der Waals surface area (Å²) in [7, 11) is 3.04.